The van der Waals surface area contributed by atoms with Crippen molar-refractivity contribution in [1.82, 2.24) is 9.19 Å². The lowest BCUT2D eigenvalue weighted by Gasteiger charge is -2.09. The highest BCUT2D eigenvalue weighted by Crippen LogP contribution is 2.24. The number of nitrogens with zero attached hydrogens (tertiary/aromatic N) is 2. The zero-order valence-corrected chi connectivity index (χ0v) is 13.1. The summed E-state index contributed by atoms with van der Waals surface area (Å²) in [6.45, 7) is 0.249. The third kappa shape index (κ3) is 3.15. The Morgan fingerprint density at radius 2 is 2.22 bits per heavy atom. The first kappa shape index (κ1) is 13.6. The number of benzene rings is 1. The standard InChI is InChI=1S/C11H8Br2N2O2S/c12-9-3-1-2-7(11(13)16)8(9)6-17-10-4-5-15(18)14-10/h1-5,18H,6H2. The Labute approximate surface area is 126 Å². The second-order valence-electron chi connectivity index (χ2n) is 3.40. The highest BCUT2D eigenvalue weighted by Gasteiger charge is 2.12. The molecular formula is C11H8Br2N2O2S. The first-order valence-electron chi connectivity index (χ1n) is 4.93. The molecule has 1 heterocycles. The number of thiol groups is 1. The van der Waals surface area contributed by atoms with E-state index < -0.39 is 0 Å². The van der Waals surface area contributed by atoms with E-state index in [2.05, 4.69) is 49.8 Å². The number of hydrogen-bond acceptors (Lipinski definition) is 4. The number of carbonyl (C=O) groups excluding carboxylic acids is 1. The van der Waals surface area contributed by atoms with Gasteiger partial charge in [-0.15, -0.1) is 5.10 Å². The Morgan fingerprint density at radius 3 is 2.83 bits per heavy atom. The van der Waals surface area contributed by atoms with E-state index >= 15 is 0 Å². The van der Waals surface area contributed by atoms with Crippen molar-refractivity contribution in [2.45, 2.75) is 6.61 Å². The lowest BCUT2D eigenvalue weighted by Crippen LogP contribution is -2.03. The second-order valence-corrected chi connectivity index (χ2v) is 5.39. The number of halogens is 2. The van der Waals surface area contributed by atoms with Gasteiger partial charge in [-0.2, -0.15) is 0 Å². The molecule has 0 bridgehead atoms. The normalized spacial score (nSPS) is 10.4. The van der Waals surface area contributed by atoms with Crippen molar-refractivity contribution in [3.63, 3.8) is 0 Å². The Balaban J connectivity index is 2.20. The van der Waals surface area contributed by atoms with Gasteiger partial charge in [0, 0.05) is 27.9 Å². The maximum atomic E-state index is 11.4. The average Bonchev–Trinajstić information content (AvgIpc) is 2.73. The van der Waals surface area contributed by atoms with Gasteiger partial charge >= 0.3 is 0 Å². The molecule has 2 rings (SSSR count). The van der Waals surface area contributed by atoms with E-state index in [4.69, 9.17) is 4.74 Å². The van der Waals surface area contributed by atoms with Gasteiger partial charge in [0.2, 0.25) is 10.6 Å². The molecule has 0 radical (unpaired) electrons. The fourth-order valence-electron chi connectivity index (χ4n) is 1.41. The molecule has 0 spiro atoms. The minimum atomic E-state index is -0.179. The highest BCUT2D eigenvalue weighted by atomic mass is 79.9. The molecule has 7 heteroatoms. The van der Waals surface area contributed by atoms with Gasteiger partial charge in [-0.25, -0.2) is 4.09 Å². The summed E-state index contributed by atoms with van der Waals surface area (Å²) in [5.74, 6) is 0.453. The molecular weight excluding hydrogens is 384 g/mol. The Hall–Kier alpha value is -0.790. The zero-order valence-electron chi connectivity index (χ0n) is 9.01. The van der Waals surface area contributed by atoms with E-state index in [1.54, 1.807) is 24.4 Å². The molecule has 4 nitrogen and oxygen atoms in total. The molecule has 1 aromatic heterocycles. The highest BCUT2D eigenvalue weighted by molar-refractivity contribution is 9.18. The minimum Gasteiger partial charge on any atom is -0.472 e. The number of ether oxygens (including phenoxy) is 1. The van der Waals surface area contributed by atoms with E-state index in [1.807, 2.05) is 6.07 Å². The molecule has 2 aromatic rings. The van der Waals surface area contributed by atoms with Gasteiger partial charge in [-0.05, 0) is 34.8 Å². The SMILES string of the molecule is O=C(Br)c1cccc(Br)c1COc1ccn(S)n1. The van der Waals surface area contributed by atoms with Crippen LogP contribution in [0.25, 0.3) is 0 Å². The van der Waals surface area contributed by atoms with Gasteiger partial charge in [0.25, 0.3) is 0 Å². The predicted molar refractivity (Wildman–Crippen MR) is 78.3 cm³/mol. The fourth-order valence-corrected chi connectivity index (χ4v) is 2.42. The number of hydrogen-bond donors (Lipinski definition) is 1. The van der Waals surface area contributed by atoms with Crippen molar-refractivity contribution in [1.29, 1.82) is 0 Å². The Bertz CT molecular complexity index is 586. The first-order chi connectivity index (χ1) is 8.58. The topological polar surface area (TPSA) is 44.1 Å². The van der Waals surface area contributed by atoms with Crippen LogP contribution in [-0.2, 0) is 6.61 Å². The van der Waals surface area contributed by atoms with E-state index in [-0.39, 0.29) is 11.3 Å². The van der Waals surface area contributed by atoms with Gasteiger partial charge in [0.1, 0.15) is 6.61 Å². The van der Waals surface area contributed by atoms with Crippen molar-refractivity contribution in [2.24, 2.45) is 0 Å². The van der Waals surface area contributed by atoms with Crippen LogP contribution in [0, 0.1) is 0 Å². The number of rotatable bonds is 4. The summed E-state index contributed by atoms with van der Waals surface area (Å²) < 4.78 is 7.49. The van der Waals surface area contributed by atoms with Crippen LogP contribution in [0.15, 0.2) is 34.9 Å². The third-order valence-electron chi connectivity index (χ3n) is 2.25. The monoisotopic (exact) mass is 390 g/mol. The Kier molecular flexibility index (Phi) is 4.47. The molecule has 0 N–H and O–H groups in total. The predicted octanol–water partition coefficient (Wildman–Crippen LogP) is 3.45. The van der Waals surface area contributed by atoms with Crippen LogP contribution in [0.5, 0.6) is 5.88 Å². The van der Waals surface area contributed by atoms with Crippen LogP contribution in [0.1, 0.15) is 15.9 Å². The summed E-state index contributed by atoms with van der Waals surface area (Å²) in [5, 5.41) is 3.98. The van der Waals surface area contributed by atoms with Gasteiger partial charge in [-0.1, -0.05) is 28.1 Å². The van der Waals surface area contributed by atoms with Crippen molar-refractivity contribution >= 4 is 49.4 Å². The largest absolute Gasteiger partial charge is 0.472 e. The van der Waals surface area contributed by atoms with Crippen LogP contribution in [0.4, 0.5) is 0 Å². The molecule has 0 amide bonds. The Morgan fingerprint density at radius 1 is 1.44 bits per heavy atom. The molecule has 0 aliphatic heterocycles. The maximum Gasteiger partial charge on any atom is 0.234 e. The van der Waals surface area contributed by atoms with Crippen molar-refractivity contribution in [2.75, 3.05) is 0 Å². The molecule has 0 atom stereocenters. The molecule has 0 fully saturated rings. The van der Waals surface area contributed by atoms with Gasteiger partial charge in [0.05, 0.1) is 0 Å². The smallest absolute Gasteiger partial charge is 0.234 e. The summed E-state index contributed by atoms with van der Waals surface area (Å²) in [5.41, 5.74) is 1.34. The van der Waals surface area contributed by atoms with Crippen molar-refractivity contribution < 1.29 is 9.53 Å². The molecule has 94 valence electrons. The minimum absolute atomic E-state index is 0.179. The summed E-state index contributed by atoms with van der Waals surface area (Å²) in [7, 11) is 0. The molecule has 0 saturated carbocycles. The molecule has 0 aliphatic carbocycles. The van der Waals surface area contributed by atoms with Gasteiger partial charge in [-0.3, -0.25) is 4.79 Å². The van der Waals surface area contributed by atoms with Crippen LogP contribution in [0.2, 0.25) is 0 Å². The molecule has 0 unspecified atom stereocenters. The average molecular weight is 392 g/mol. The zero-order chi connectivity index (χ0) is 13.1. The third-order valence-corrected chi connectivity index (χ3v) is 3.64. The van der Waals surface area contributed by atoms with Gasteiger partial charge in [0.15, 0.2) is 0 Å². The maximum absolute atomic E-state index is 11.4. The van der Waals surface area contributed by atoms with Crippen LogP contribution >= 0.6 is 44.7 Å². The van der Waals surface area contributed by atoms with E-state index in [0.29, 0.717) is 11.4 Å². The number of carbonyl (C=O) groups is 1. The quantitative estimate of drug-likeness (QED) is 0.641. The second kappa shape index (κ2) is 5.90. The fraction of sp³-hybridized carbons (Fsp3) is 0.0909. The summed E-state index contributed by atoms with van der Waals surface area (Å²) in [4.78, 5) is 11.4. The molecule has 0 aliphatic rings. The lowest BCUT2D eigenvalue weighted by atomic mass is 10.1. The molecule has 18 heavy (non-hydrogen) atoms. The van der Waals surface area contributed by atoms with E-state index in [9.17, 15) is 4.79 Å². The summed E-state index contributed by atoms with van der Waals surface area (Å²) in [6.07, 6.45) is 1.66. The van der Waals surface area contributed by atoms with Crippen LogP contribution in [0.3, 0.4) is 0 Å². The van der Waals surface area contributed by atoms with Crippen molar-refractivity contribution in [3.05, 3.63) is 46.1 Å². The van der Waals surface area contributed by atoms with E-state index in [1.165, 1.54) is 4.09 Å². The summed E-state index contributed by atoms with van der Waals surface area (Å²) in [6, 6.07) is 7.08. The van der Waals surface area contributed by atoms with E-state index in [0.717, 1.165) is 10.0 Å². The van der Waals surface area contributed by atoms with Crippen LogP contribution < -0.4 is 4.74 Å². The molecule has 0 saturated heterocycles. The first-order valence-corrected chi connectivity index (χ1v) is 6.91. The van der Waals surface area contributed by atoms with Crippen LogP contribution in [-0.4, -0.2) is 13.9 Å². The summed E-state index contributed by atoms with van der Waals surface area (Å²) >= 11 is 10.4. The number of aromatic nitrogens is 2. The molecule has 1 aromatic carbocycles. The van der Waals surface area contributed by atoms with Gasteiger partial charge < -0.3 is 4.74 Å². The van der Waals surface area contributed by atoms with Crippen molar-refractivity contribution in [3.8, 4) is 5.88 Å². The lowest BCUT2D eigenvalue weighted by molar-refractivity contribution is 0.109.